The predicted molar refractivity (Wildman–Crippen MR) is 91.4 cm³/mol. The minimum Gasteiger partial charge on any atom is -0.463 e. The van der Waals surface area contributed by atoms with Gasteiger partial charge in [0.1, 0.15) is 6.54 Å². The third-order valence-electron chi connectivity index (χ3n) is 3.04. The smallest absolute Gasteiger partial charge is 0.333 e. The summed E-state index contributed by atoms with van der Waals surface area (Å²) < 4.78 is 4.85. The first kappa shape index (κ1) is 18.3. The van der Waals surface area contributed by atoms with E-state index in [-0.39, 0.29) is 29.5 Å². The van der Waals surface area contributed by atoms with E-state index in [9.17, 15) is 14.4 Å². The van der Waals surface area contributed by atoms with Crippen LogP contribution in [-0.4, -0.2) is 46.1 Å². The minimum absolute atomic E-state index is 0.156. The van der Waals surface area contributed by atoms with Crippen LogP contribution in [0.15, 0.2) is 29.4 Å². The molecule has 1 aromatic heterocycles. The van der Waals surface area contributed by atoms with Gasteiger partial charge in [-0.3, -0.25) is 14.5 Å². The summed E-state index contributed by atoms with van der Waals surface area (Å²) >= 11 is 7.09. The molecule has 1 fully saturated rings. The van der Waals surface area contributed by atoms with Crippen molar-refractivity contribution in [1.82, 2.24) is 9.88 Å². The molecular weight excluding hydrogens is 354 g/mol. The molecule has 0 aromatic carbocycles. The van der Waals surface area contributed by atoms with Crippen molar-refractivity contribution in [3.63, 3.8) is 0 Å². The first-order valence-corrected chi connectivity index (χ1v) is 8.45. The number of halogens is 1. The predicted octanol–water partition coefficient (Wildman–Crippen LogP) is 2.04. The Hall–Kier alpha value is -2.06. The fourth-order valence-electron chi connectivity index (χ4n) is 1.99. The lowest BCUT2D eigenvalue weighted by molar-refractivity contribution is -0.137. The number of carbonyl (C=O) groups is 3. The van der Waals surface area contributed by atoms with Gasteiger partial charge in [-0.2, -0.15) is 0 Å². The molecule has 1 aliphatic rings. The number of carbonyl (C=O) groups excluding carboxylic acids is 3. The molecule has 2 heterocycles. The van der Waals surface area contributed by atoms with Crippen LogP contribution >= 0.6 is 23.4 Å². The van der Waals surface area contributed by atoms with E-state index >= 15 is 0 Å². The van der Waals surface area contributed by atoms with Crippen LogP contribution in [0.1, 0.15) is 13.8 Å². The Bertz CT molecular complexity index is 695. The molecule has 2 amide bonds. The van der Waals surface area contributed by atoms with Gasteiger partial charge >= 0.3 is 5.97 Å². The quantitative estimate of drug-likeness (QED) is 0.485. The van der Waals surface area contributed by atoms with Crippen LogP contribution in [0.25, 0.3) is 0 Å². The maximum atomic E-state index is 12.2. The number of hydrogen-bond donors (Lipinski definition) is 1. The summed E-state index contributed by atoms with van der Waals surface area (Å²) in [6.07, 6.45) is 2.72. The van der Waals surface area contributed by atoms with Crippen LogP contribution in [0.5, 0.6) is 0 Å². The molecule has 2 rings (SSSR count). The van der Waals surface area contributed by atoms with Crippen LogP contribution in [-0.2, 0) is 19.1 Å². The van der Waals surface area contributed by atoms with Gasteiger partial charge in [-0.25, -0.2) is 9.78 Å². The molecule has 128 valence electrons. The molecule has 0 spiro atoms. The highest BCUT2D eigenvalue weighted by Crippen LogP contribution is 2.34. The monoisotopic (exact) mass is 369 g/mol. The Labute approximate surface area is 148 Å². The Morgan fingerprint density at radius 2 is 2.29 bits per heavy atom. The number of amides is 2. The van der Waals surface area contributed by atoms with Gasteiger partial charge in [-0.05, 0) is 26.0 Å². The van der Waals surface area contributed by atoms with E-state index in [0.717, 1.165) is 0 Å². The van der Waals surface area contributed by atoms with E-state index in [1.54, 1.807) is 26.0 Å². The number of nitrogens with zero attached hydrogens (tertiary/aromatic N) is 2. The normalized spacial score (nSPS) is 18.8. The number of esters is 1. The number of rotatable bonds is 5. The number of hydrogen-bond acceptors (Lipinski definition) is 6. The van der Waals surface area contributed by atoms with Crippen molar-refractivity contribution >= 4 is 46.8 Å². The maximum absolute atomic E-state index is 12.2. The molecule has 1 unspecified atom stereocenters. The molecule has 0 radical (unpaired) electrons. The van der Waals surface area contributed by atoms with Gasteiger partial charge in [0, 0.05) is 6.20 Å². The highest BCUT2D eigenvalue weighted by Gasteiger charge is 2.35. The molecule has 1 atom stereocenters. The van der Waals surface area contributed by atoms with Crippen LogP contribution < -0.4 is 5.32 Å². The van der Waals surface area contributed by atoms with Crippen molar-refractivity contribution in [1.29, 1.82) is 0 Å². The van der Waals surface area contributed by atoms with Gasteiger partial charge in [0.05, 0.1) is 28.6 Å². The van der Waals surface area contributed by atoms with Gasteiger partial charge in [-0.15, -0.1) is 0 Å². The van der Waals surface area contributed by atoms with Crippen LogP contribution in [0.4, 0.5) is 5.69 Å². The summed E-state index contributed by atoms with van der Waals surface area (Å²) in [6.45, 7) is 3.40. The minimum atomic E-state index is -0.553. The lowest BCUT2D eigenvalue weighted by Crippen LogP contribution is -2.35. The SMILES string of the molecule is CCOC(=O)C=C1SC(C)C(=O)N1CC(=O)Nc1cccnc1Cl. The van der Waals surface area contributed by atoms with Gasteiger partial charge in [0.15, 0.2) is 5.15 Å². The van der Waals surface area contributed by atoms with Crippen molar-refractivity contribution < 1.29 is 19.1 Å². The van der Waals surface area contributed by atoms with Crippen molar-refractivity contribution in [3.8, 4) is 0 Å². The third-order valence-corrected chi connectivity index (χ3v) is 4.48. The average molecular weight is 370 g/mol. The summed E-state index contributed by atoms with van der Waals surface area (Å²) in [5, 5.41) is 2.76. The number of pyridine rings is 1. The van der Waals surface area contributed by atoms with E-state index in [0.29, 0.717) is 10.7 Å². The summed E-state index contributed by atoms with van der Waals surface area (Å²) in [5.41, 5.74) is 0.354. The zero-order valence-electron chi connectivity index (χ0n) is 13.1. The molecule has 9 heteroatoms. The van der Waals surface area contributed by atoms with E-state index < -0.39 is 11.9 Å². The third kappa shape index (κ3) is 4.48. The molecule has 1 aliphatic heterocycles. The molecule has 1 saturated heterocycles. The topological polar surface area (TPSA) is 88.6 Å². The van der Waals surface area contributed by atoms with Crippen molar-refractivity contribution in [3.05, 3.63) is 34.6 Å². The second-order valence-corrected chi connectivity index (χ2v) is 6.53. The lowest BCUT2D eigenvalue weighted by atomic mass is 10.3. The molecule has 0 saturated carbocycles. The number of aromatic nitrogens is 1. The van der Waals surface area contributed by atoms with E-state index in [2.05, 4.69) is 10.3 Å². The summed E-state index contributed by atoms with van der Waals surface area (Å²) in [7, 11) is 0. The van der Waals surface area contributed by atoms with Gasteiger partial charge < -0.3 is 10.1 Å². The van der Waals surface area contributed by atoms with Crippen LogP contribution in [0.2, 0.25) is 5.15 Å². The Morgan fingerprint density at radius 1 is 1.54 bits per heavy atom. The van der Waals surface area contributed by atoms with Gasteiger partial charge in [-0.1, -0.05) is 23.4 Å². The van der Waals surface area contributed by atoms with Gasteiger partial charge in [0.25, 0.3) is 0 Å². The number of nitrogens with one attached hydrogen (secondary N) is 1. The largest absolute Gasteiger partial charge is 0.463 e. The zero-order valence-corrected chi connectivity index (χ0v) is 14.7. The van der Waals surface area contributed by atoms with E-state index in [4.69, 9.17) is 16.3 Å². The average Bonchev–Trinajstić information content (AvgIpc) is 2.77. The zero-order chi connectivity index (χ0) is 17.7. The fraction of sp³-hybridized carbons (Fsp3) is 0.333. The summed E-state index contributed by atoms with van der Waals surface area (Å²) in [6, 6.07) is 3.23. The number of thioether (sulfide) groups is 1. The Balaban J connectivity index is 2.10. The highest BCUT2D eigenvalue weighted by atomic mass is 35.5. The number of ether oxygens (including phenoxy) is 1. The Kier molecular flexibility index (Phi) is 6.22. The standard InChI is InChI=1S/C15H16ClN3O4S/c1-3-23-13(21)7-12-19(15(22)9(2)24-12)8-11(20)18-10-5-4-6-17-14(10)16/h4-7,9H,3,8H2,1-2H3,(H,18,20). The summed E-state index contributed by atoms with van der Waals surface area (Å²) in [4.78, 5) is 41.1. The summed E-state index contributed by atoms with van der Waals surface area (Å²) in [5.74, 6) is -1.24. The van der Waals surface area contributed by atoms with E-state index in [1.807, 2.05) is 0 Å². The Morgan fingerprint density at radius 3 is 2.96 bits per heavy atom. The number of anilines is 1. The van der Waals surface area contributed by atoms with E-state index in [1.165, 1.54) is 28.9 Å². The van der Waals surface area contributed by atoms with Crippen molar-refractivity contribution in [2.75, 3.05) is 18.5 Å². The lowest BCUT2D eigenvalue weighted by Gasteiger charge is -2.17. The molecule has 0 aliphatic carbocycles. The molecular formula is C15H16ClN3O4S. The molecule has 0 bridgehead atoms. The first-order chi connectivity index (χ1) is 11.4. The maximum Gasteiger partial charge on any atom is 0.333 e. The first-order valence-electron chi connectivity index (χ1n) is 7.19. The van der Waals surface area contributed by atoms with Gasteiger partial charge in [0.2, 0.25) is 11.8 Å². The van der Waals surface area contributed by atoms with Crippen LogP contribution in [0.3, 0.4) is 0 Å². The highest BCUT2D eigenvalue weighted by molar-refractivity contribution is 8.04. The van der Waals surface area contributed by atoms with Crippen molar-refractivity contribution in [2.24, 2.45) is 0 Å². The second-order valence-electron chi connectivity index (χ2n) is 4.81. The second kappa shape index (κ2) is 8.16. The fourth-order valence-corrected chi connectivity index (χ4v) is 3.19. The molecule has 1 N–H and O–H groups in total. The molecule has 7 nitrogen and oxygen atoms in total. The molecule has 24 heavy (non-hydrogen) atoms. The molecule has 1 aromatic rings. The van der Waals surface area contributed by atoms with Crippen LogP contribution in [0, 0.1) is 0 Å². The van der Waals surface area contributed by atoms with Crippen molar-refractivity contribution in [2.45, 2.75) is 19.1 Å².